The molecule has 3 rings (SSSR count). The van der Waals surface area contributed by atoms with Crippen molar-refractivity contribution in [1.29, 1.82) is 0 Å². The van der Waals surface area contributed by atoms with Gasteiger partial charge in [-0.2, -0.15) is 0 Å². The van der Waals surface area contributed by atoms with Gasteiger partial charge in [0.15, 0.2) is 0 Å². The van der Waals surface area contributed by atoms with E-state index in [4.69, 9.17) is 0 Å². The Hall–Kier alpha value is -1.80. The van der Waals surface area contributed by atoms with Gasteiger partial charge >= 0.3 is 0 Å². The van der Waals surface area contributed by atoms with Gasteiger partial charge in [0, 0.05) is 23.5 Å². The number of benzene rings is 2. The summed E-state index contributed by atoms with van der Waals surface area (Å²) in [6.45, 7) is 4.48. The minimum atomic E-state index is 0.396. The molecule has 2 heteroatoms. The lowest BCUT2D eigenvalue weighted by Crippen LogP contribution is -2.23. The molecule has 0 amide bonds. The van der Waals surface area contributed by atoms with Gasteiger partial charge in [-0.05, 0) is 56.6 Å². The molecule has 1 N–H and O–H groups in total. The van der Waals surface area contributed by atoms with Gasteiger partial charge in [0.1, 0.15) is 0 Å². The van der Waals surface area contributed by atoms with Crippen molar-refractivity contribution in [3.8, 4) is 0 Å². The standard InChI is InChI=1S/C18H22N2/c1-13-12-16-6-4-5-7-18(16)20(13)17-10-8-15(9-11-17)14(2)19-3/h4-11,13-14,19H,12H2,1-3H3. The fourth-order valence-electron chi connectivity index (χ4n) is 3.05. The van der Waals surface area contributed by atoms with Gasteiger partial charge < -0.3 is 10.2 Å². The lowest BCUT2D eigenvalue weighted by molar-refractivity contribution is 0.652. The van der Waals surface area contributed by atoms with Crippen LogP contribution < -0.4 is 10.2 Å². The van der Waals surface area contributed by atoms with Crippen molar-refractivity contribution in [2.45, 2.75) is 32.4 Å². The van der Waals surface area contributed by atoms with E-state index < -0.39 is 0 Å². The first-order valence-corrected chi connectivity index (χ1v) is 7.35. The van der Waals surface area contributed by atoms with E-state index in [1.165, 1.54) is 22.5 Å². The van der Waals surface area contributed by atoms with Crippen LogP contribution in [0.2, 0.25) is 0 Å². The van der Waals surface area contributed by atoms with Crippen LogP contribution >= 0.6 is 0 Å². The number of anilines is 2. The van der Waals surface area contributed by atoms with Crippen molar-refractivity contribution in [3.63, 3.8) is 0 Å². The summed E-state index contributed by atoms with van der Waals surface area (Å²) in [5.74, 6) is 0. The predicted molar refractivity (Wildman–Crippen MR) is 85.7 cm³/mol. The van der Waals surface area contributed by atoms with Crippen LogP contribution in [0.15, 0.2) is 48.5 Å². The van der Waals surface area contributed by atoms with E-state index in [0.717, 1.165) is 6.42 Å². The Morgan fingerprint density at radius 3 is 2.50 bits per heavy atom. The van der Waals surface area contributed by atoms with Crippen LogP contribution in [0.5, 0.6) is 0 Å². The van der Waals surface area contributed by atoms with Crippen molar-refractivity contribution in [2.24, 2.45) is 0 Å². The average Bonchev–Trinajstić information content (AvgIpc) is 2.82. The monoisotopic (exact) mass is 266 g/mol. The van der Waals surface area contributed by atoms with Crippen LogP contribution in [-0.2, 0) is 6.42 Å². The highest BCUT2D eigenvalue weighted by Gasteiger charge is 2.26. The van der Waals surface area contributed by atoms with Gasteiger partial charge in [0.25, 0.3) is 0 Å². The van der Waals surface area contributed by atoms with Crippen molar-refractivity contribution >= 4 is 11.4 Å². The van der Waals surface area contributed by atoms with Gasteiger partial charge in [0.2, 0.25) is 0 Å². The normalized spacial score (nSPS) is 18.9. The van der Waals surface area contributed by atoms with Crippen molar-refractivity contribution < 1.29 is 0 Å². The summed E-state index contributed by atoms with van der Waals surface area (Å²) in [4.78, 5) is 2.45. The first-order chi connectivity index (χ1) is 9.70. The minimum Gasteiger partial charge on any atom is -0.338 e. The topological polar surface area (TPSA) is 15.3 Å². The largest absolute Gasteiger partial charge is 0.338 e. The highest BCUT2D eigenvalue weighted by molar-refractivity contribution is 5.71. The van der Waals surface area contributed by atoms with Gasteiger partial charge in [-0.15, -0.1) is 0 Å². The Kier molecular flexibility index (Phi) is 3.49. The Morgan fingerprint density at radius 2 is 1.80 bits per heavy atom. The zero-order valence-electron chi connectivity index (χ0n) is 12.4. The smallest absolute Gasteiger partial charge is 0.0446 e. The molecule has 0 spiro atoms. The lowest BCUT2D eigenvalue weighted by Gasteiger charge is -2.25. The summed E-state index contributed by atoms with van der Waals surface area (Å²) in [5, 5.41) is 3.28. The molecule has 0 radical (unpaired) electrons. The third kappa shape index (κ3) is 2.20. The predicted octanol–water partition coefficient (Wildman–Crippen LogP) is 4.05. The highest BCUT2D eigenvalue weighted by atomic mass is 15.2. The summed E-state index contributed by atoms with van der Waals surface area (Å²) >= 11 is 0. The van der Waals surface area contributed by atoms with Crippen LogP contribution in [0.1, 0.15) is 31.0 Å². The lowest BCUT2D eigenvalue weighted by atomic mass is 10.1. The van der Waals surface area contributed by atoms with Crippen LogP contribution in [-0.4, -0.2) is 13.1 Å². The molecule has 2 nitrogen and oxygen atoms in total. The Bertz CT molecular complexity index is 589. The molecule has 104 valence electrons. The fraction of sp³-hybridized carbons (Fsp3) is 0.333. The molecule has 0 saturated carbocycles. The van der Waals surface area contributed by atoms with Crippen molar-refractivity contribution in [1.82, 2.24) is 5.32 Å². The van der Waals surface area contributed by atoms with Gasteiger partial charge in [0.05, 0.1) is 0 Å². The van der Waals surface area contributed by atoms with Crippen LogP contribution in [0, 0.1) is 0 Å². The summed E-state index contributed by atoms with van der Waals surface area (Å²) in [6, 6.07) is 18.6. The second-order valence-electron chi connectivity index (χ2n) is 5.65. The molecule has 0 fully saturated rings. The first kappa shape index (κ1) is 13.2. The van der Waals surface area contributed by atoms with Gasteiger partial charge in [-0.25, -0.2) is 0 Å². The molecule has 1 aliphatic heterocycles. The first-order valence-electron chi connectivity index (χ1n) is 7.35. The molecule has 0 aromatic heterocycles. The number of nitrogens with one attached hydrogen (secondary N) is 1. The average molecular weight is 266 g/mol. The molecule has 0 bridgehead atoms. The van der Waals surface area contributed by atoms with Crippen LogP contribution in [0.3, 0.4) is 0 Å². The Labute approximate surface area is 121 Å². The summed E-state index contributed by atoms with van der Waals surface area (Å²) in [7, 11) is 2.00. The maximum absolute atomic E-state index is 3.28. The molecule has 20 heavy (non-hydrogen) atoms. The fourth-order valence-corrected chi connectivity index (χ4v) is 3.05. The zero-order valence-corrected chi connectivity index (χ0v) is 12.4. The number of para-hydroxylation sites is 1. The van der Waals surface area contributed by atoms with E-state index >= 15 is 0 Å². The minimum absolute atomic E-state index is 0.396. The molecular weight excluding hydrogens is 244 g/mol. The quantitative estimate of drug-likeness (QED) is 0.901. The van der Waals surface area contributed by atoms with E-state index in [1.54, 1.807) is 0 Å². The molecule has 2 aromatic rings. The number of nitrogens with zero attached hydrogens (tertiary/aromatic N) is 1. The molecule has 0 aliphatic carbocycles. The summed E-state index contributed by atoms with van der Waals surface area (Å²) in [5.41, 5.74) is 5.42. The van der Waals surface area contributed by atoms with E-state index in [2.05, 4.69) is 72.6 Å². The third-order valence-corrected chi connectivity index (χ3v) is 4.31. The summed E-state index contributed by atoms with van der Waals surface area (Å²) in [6.07, 6.45) is 1.13. The molecule has 2 atom stereocenters. The molecular formula is C18H22N2. The van der Waals surface area contributed by atoms with E-state index in [0.29, 0.717) is 12.1 Å². The second kappa shape index (κ2) is 5.29. The van der Waals surface area contributed by atoms with E-state index in [1.807, 2.05) is 7.05 Å². The SMILES string of the molecule is CNC(C)c1ccc(N2c3ccccc3CC2C)cc1. The summed E-state index contributed by atoms with van der Waals surface area (Å²) < 4.78 is 0. The Balaban J connectivity index is 1.93. The molecule has 2 unspecified atom stereocenters. The number of hydrogen-bond donors (Lipinski definition) is 1. The van der Waals surface area contributed by atoms with Gasteiger partial charge in [-0.1, -0.05) is 30.3 Å². The number of rotatable bonds is 3. The maximum atomic E-state index is 3.28. The van der Waals surface area contributed by atoms with Crippen LogP contribution in [0.4, 0.5) is 11.4 Å². The number of fused-ring (bicyclic) bond motifs is 1. The maximum Gasteiger partial charge on any atom is 0.0446 e. The van der Waals surface area contributed by atoms with E-state index in [9.17, 15) is 0 Å². The highest BCUT2D eigenvalue weighted by Crippen LogP contribution is 2.38. The second-order valence-corrected chi connectivity index (χ2v) is 5.65. The zero-order chi connectivity index (χ0) is 14.1. The Morgan fingerprint density at radius 1 is 1.10 bits per heavy atom. The van der Waals surface area contributed by atoms with E-state index in [-0.39, 0.29) is 0 Å². The number of hydrogen-bond acceptors (Lipinski definition) is 2. The molecule has 0 saturated heterocycles. The molecule has 1 heterocycles. The van der Waals surface area contributed by atoms with Crippen molar-refractivity contribution in [3.05, 3.63) is 59.7 Å². The van der Waals surface area contributed by atoms with Gasteiger partial charge in [-0.3, -0.25) is 0 Å². The molecule has 2 aromatic carbocycles. The van der Waals surface area contributed by atoms with Crippen LogP contribution in [0.25, 0.3) is 0 Å². The third-order valence-electron chi connectivity index (χ3n) is 4.31. The van der Waals surface area contributed by atoms with Crippen molar-refractivity contribution in [2.75, 3.05) is 11.9 Å². The molecule has 1 aliphatic rings.